The number of piperidine rings is 1. The molecule has 1 N–H and O–H groups in total. The van der Waals surface area contributed by atoms with Gasteiger partial charge in [0.05, 0.1) is 7.11 Å². The fraction of sp³-hybridized carbons (Fsp3) is 0.700. The average Bonchev–Trinajstić information content (AvgIpc) is 2.69. The van der Waals surface area contributed by atoms with Gasteiger partial charge >= 0.3 is 6.61 Å². The van der Waals surface area contributed by atoms with Gasteiger partial charge in [0.15, 0.2) is 11.5 Å². The fourth-order valence-corrected chi connectivity index (χ4v) is 4.18. The summed E-state index contributed by atoms with van der Waals surface area (Å²) in [5, 5.41) is 3.55. The van der Waals surface area contributed by atoms with E-state index in [1.165, 1.54) is 26.4 Å². The van der Waals surface area contributed by atoms with Crippen molar-refractivity contribution in [2.24, 2.45) is 0 Å². The van der Waals surface area contributed by atoms with E-state index in [-0.39, 0.29) is 11.3 Å². The Hall–Kier alpha value is -1.44. The molecule has 27 heavy (non-hydrogen) atoms. The van der Waals surface area contributed by atoms with Gasteiger partial charge in [0, 0.05) is 31.8 Å². The molecule has 2 aliphatic rings. The summed E-state index contributed by atoms with van der Waals surface area (Å²) in [5.41, 5.74) is 1.03. The van der Waals surface area contributed by atoms with Gasteiger partial charge in [0.2, 0.25) is 0 Å². The van der Waals surface area contributed by atoms with E-state index < -0.39 is 6.61 Å². The van der Waals surface area contributed by atoms with Crippen LogP contribution in [0.25, 0.3) is 0 Å². The molecule has 0 spiro atoms. The van der Waals surface area contributed by atoms with Gasteiger partial charge in [-0.25, -0.2) is 0 Å². The van der Waals surface area contributed by atoms with E-state index in [0.717, 1.165) is 51.3 Å². The highest BCUT2D eigenvalue weighted by Gasteiger charge is 2.38. The van der Waals surface area contributed by atoms with Crippen LogP contribution in [-0.4, -0.2) is 57.0 Å². The van der Waals surface area contributed by atoms with Crippen LogP contribution < -0.4 is 14.8 Å². The number of rotatable bonds is 8. The number of benzene rings is 1. The maximum Gasteiger partial charge on any atom is 0.387 e. The summed E-state index contributed by atoms with van der Waals surface area (Å²) in [4.78, 5) is 2.63. The predicted octanol–water partition coefficient (Wildman–Crippen LogP) is 3.42. The lowest BCUT2D eigenvalue weighted by Crippen LogP contribution is -2.59. The molecular weight excluding hydrogens is 354 g/mol. The second-order valence-corrected chi connectivity index (χ2v) is 7.35. The Morgan fingerprint density at radius 3 is 2.56 bits per heavy atom. The van der Waals surface area contributed by atoms with Gasteiger partial charge < -0.3 is 19.5 Å². The van der Waals surface area contributed by atoms with Gasteiger partial charge in [-0.05, 0) is 56.5 Å². The van der Waals surface area contributed by atoms with Gasteiger partial charge in [-0.1, -0.05) is 12.5 Å². The molecule has 0 radical (unpaired) electrons. The Balaban J connectivity index is 1.62. The molecule has 0 saturated carbocycles. The summed E-state index contributed by atoms with van der Waals surface area (Å²) < 4.78 is 40.5. The molecule has 0 atom stereocenters. The van der Waals surface area contributed by atoms with Crippen molar-refractivity contribution in [3.63, 3.8) is 0 Å². The Labute approximate surface area is 160 Å². The molecule has 7 heteroatoms. The molecule has 2 saturated heterocycles. The van der Waals surface area contributed by atoms with E-state index in [9.17, 15) is 8.78 Å². The van der Waals surface area contributed by atoms with E-state index in [1.54, 1.807) is 12.1 Å². The van der Waals surface area contributed by atoms with Gasteiger partial charge in [-0.2, -0.15) is 8.78 Å². The van der Waals surface area contributed by atoms with E-state index in [2.05, 4.69) is 15.0 Å². The van der Waals surface area contributed by atoms with Gasteiger partial charge in [0.25, 0.3) is 0 Å². The molecule has 0 bridgehead atoms. The van der Waals surface area contributed by atoms with Crippen molar-refractivity contribution in [2.45, 2.75) is 50.8 Å². The first-order valence-corrected chi connectivity index (χ1v) is 9.78. The van der Waals surface area contributed by atoms with Crippen LogP contribution in [0.2, 0.25) is 0 Å². The third kappa shape index (κ3) is 5.30. The lowest BCUT2D eigenvalue weighted by molar-refractivity contribution is -0.0512. The van der Waals surface area contributed by atoms with Crippen LogP contribution in [0, 0.1) is 0 Å². The number of methoxy groups -OCH3 is 1. The number of hydrogen-bond acceptors (Lipinski definition) is 5. The second-order valence-electron chi connectivity index (χ2n) is 7.35. The van der Waals surface area contributed by atoms with Crippen molar-refractivity contribution in [1.29, 1.82) is 0 Å². The number of likely N-dealkylation sites (tertiary alicyclic amines) is 1. The van der Waals surface area contributed by atoms with Crippen molar-refractivity contribution in [3.8, 4) is 11.5 Å². The largest absolute Gasteiger partial charge is 0.493 e. The molecule has 5 nitrogen and oxygen atoms in total. The van der Waals surface area contributed by atoms with Gasteiger partial charge in [-0.15, -0.1) is 0 Å². The van der Waals surface area contributed by atoms with Crippen molar-refractivity contribution in [1.82, 2.24) is 10.2 Å². The Kier molecular flexibility index (Phi) is 7.26. The van der Waals surface area contributed by atoms with E-state index >= 15 is 0 Å². The van der Waals surface area contributed by atoms with Crippen LogP contribution in [0.5, 0.6) is 11.5 Å². The normalized spacial score (nSPS) is 20.6. The summed E-state index contributed by atoms with van der Waals surface area (Å²) in [6.45, 7) is 2.49. The van der Waals surface area contributed by atoms with Crippen molar-refractivity contribution in [3.05, 3.63) is 23.8 Å². The first kappa shape index (κ1) is 20.3. The van der Waals surface area contributed by atoms with Crippen LogP contribution in [0.1, 0.15) is 37.7 Å². The second kappa shape index (κ2) is 9.66. The topological polar surface area (TPSA) is 43.0 Å². The number of nitrogens with zero attached hydrogens (tertiary/aromatic N) is 1. The highest BCUT2D eigenvalue weighted by Crippen LogP contribution is 2.31. The minimum atomic E-state index is -2.87. The number of hydrogen-bond donors (Lipinski definition) is 1. The summed E-state index contributed by atoms with van der Waals surface area (Å²) in [6, 6.07) is 5.17. The maximum absolute atomic E-state index is 12.6. The number of alkyl halides is 2. The predicted molar refractivity (Wildman–Crippen MR) is 99.5 cm³/mol. The monoisotopic (exact) mass is 384 g/mol. The zero-order valence-corrected chi connectivity index (χ0v) is 16.0. The maximum atomic E-state index is 12.6. The molecule has 0 amide bonds. The highest BCUT2D eigenvalue weighted by molar-refractivity contribution is 5.43. The quantitative estimate of drug-likeness (QED) is 0.744. The summed E-state index contributed by atoms with van der Waals surface area (Å²) in [7, 11) is 1.44. The van der Waals surface area contributed by atoms with Crippen LogP contribution in [0.15, 0.2) is 18.2 Å². The smallest absolute Gasteiger partial charge is 0.387 e. The zero-order valence-electron chi connectivity index (χ0n) is 16.0. The van der Waals surface area contributed by atoms with Crippen LogP contribution in [0.4, 0.5) is 8.78 Å². The van der Waals surface area contributed by atoms with E-state index in [0.29, 0.717) is 12.3 Å². The molecule has 1 aromatic rings. The molecule has 2 fully saturated rings. The lowest BCUT2D eigenvalue weighted by Gasteiger charge is -2.48. The highest BCUT2D eigenvalue weighted by atomic mass is 19.3. The Morgan fingerprint density at radius 1 is 1.15 bits per heavy atom. The Bertz CT molecular complexity index is 589. The first-order valence-electron chi connectivity index (χ1n) is 9.78. The van der Waals surface area contributed by atoms with Crippen LogP contribution >= 0.6 is 0 Å². The molecule has 152 valence electrons. The van der Waals surface area contributed by atoms with Crippen molar-refractivity contribution < 1.29 is 23.0 Å². The molecule has 0 unspecified atom stereocenters. The molecule has 1 aromatic carbocycles. The van der Waals surface area contributed by atoms with Crippen molar-refractivity contribution in [2.75, 3.05) is 40.0 Å². The molecule has 0 aliphatic carbocycles. The van der Waals surface area contributed by atoms with Gasteiger partial charge in [-0.3, -0.25) is 4.90 Å². The number of nitrogens with one attached hydrogen (secondary N) is 1. The fourth-order valence-electron chi connectivity index (χ4n) is 4.18. The third-order valence-corrected chi connectivity index (χ3v) is 5.68. The van der Waals surface area contributed by atoms with Crippen molar-refractivity contribution >= 4 is 0 Å². The SMILES string of the molecule is COc1ccc(CNCC2(N3CCCCC3)CCOCC2)cc1OC(F)F. The van der Waals surface area contributed by atoms with Crippen LogP contribution in [-0.2, 0) is 11.3 Å². The Morgan fingerprint density at radius 2 is 1.89 bits per heavy atom. The summed E-state index contributed by atoms with van der Waals surface area (Å²) in [6.07, 6.45) is 5.89. The average molecular weight is 384 g/mol. The first-order chi connectivity index (χ1) is 13.1. The minimum Gasteiger partial charge on any atom is -0.493 e. The van der Waals surface area contributed by atoms with E-state index in [1.807, 2.05) is 6.07 Å². The third-order valence-electron chi connectivity index (χ3n) is 5.68. The molecule has 0 aromatic heterocycles. The molecule has 2 heterocycles. The molecular formula is C20H30F2N2O3. The lowest BCUT2D eigenvalue weighted by atomic mass is 9.86. The number of ether oxygens (including phenoxy) is 3. The summed E-state index contributed by atoms with van der Waals surface area (Å²) >= 11 is 0. The zero-order chi connectivity index (χ0) is 19.1. The standard InChI is InChI=1S/C20H30F2N2O3/c1-25-17-6-5-16(13-18(17)27-19(21)22)14-23-15-20(7-11-26-12-8-20)24-9-3-2-4-10-24/h5-6,13,19,23H,2-4,7-12,14-15H2,1H3. The minimum absolute atomic E-state index is 0.0728. The molecule has 3 rings (SSSR count). The van der Waals surface area contributed by atoms with Crippen LogP contribution in [0.3, 0.4) is 0 Å². The van der Waals surface area contributed by atoms with E-state index in [4.69, 9.17) is 9.47 Å². The number of halogens is 2. The molecule has 2 aliphatic heterocycles. The van der Waals surface area contributed by atoms with Gasteiger partial charge in [0.1, 0.15) is 0 Å². The summed E-state index contributed by atoms with van der Waals surface area (Å²) in [5.74, 6) is 0.386.